The quantitative estimate of drug-likeness (QED) is 0.824. The number of ether oxygens (including phenoxy) is 1. The van der Waals surface area contributed by atoms with Gasteiger partial charge in [-0.05, 0) is 42.9 Å². The Balaban J connectivity index is 1.86. The lowest BCUT2D eigenvalue weighted by molar-refractivity contribution is -0.137. The van der Waals surface area contributed by atoms with Crippen molar-refractivity contribution in [3.8, 4) is 11.3 Å². The zero-order valence-corrected chi connectivity index (χ0v) is 16.2. The number of thioether (sulfide) groups is 1. The van der Waals surface area contributed by atoms with Gasteiger partial charge in [0.05, 0.1) is 24.5 Å². The van der Waals surface area contributed by atoms with E-state index >= 15 is 0 Å². The molecule has 150 valence electrons. The van der Waals surface area contributed by atoms with E-state index in [2.05, 4.69) is 14.9 Å². The maximum Gasteiger partial charge on any atom is 0.417 e. The smallest absolute Gasteiger partial charge is 0.384 e. The fourth-order valence-electron chi connectivity index (χ4n) is 3.51. The molecule has 0 unspecified atom stereocenters. The van der Waals surface area contributed by atoms with Crippen molar-refractivity contribution >= 4 is 23.4 Å². The van der Waals surface area contributed by atoms with Crippen LogP contribution in [0.25, 0.3) is 11.3 Å². The molecule has 0 atom stereocenters. The molecule has 4 rings (SSSR count). The van der Waals surface area contributed by atoms with E-state index in [1.54, 1.807) is 17.8 Å². The highest BCUT2D eigenvalue weighted by molar-refractivity contribution is 7.99. The third-order valence-corrected chi connectivity index (χ3v) is 6.70. The van der Waals surface area contributed by atoms with Crippen LogP contribution in [0.3, 0.4) is 0 Å². The van der Waals surface area contributed by atoms with Crippen LogP contribution in [0.4, 0.5) is 24.8 Å². The molecule has 2 aromatic rings. The van der Waals surface area contributed by atoms with E-state index in [0.717, 1.165) is 24.5 Å². The monoisotopic (exact) mass is 410 g/mol. The number of aromatic nitrogens is 2. The molecule has 2 N–H and O–H groups in total. The molecule has 1 saturated heterocycles. The molecule has 2 fully saturated rings. The summed E-state index contributed by atoms with van der Waals surface area (Å²) in [6.45, 7) is 2.47. The highest BCUT2D eigenvalue weighted by Crippen LogP contribution is 2.56. The van der Waals surface area contributed by atoms with E-state index in [4.69, 9.17) is 10.5 Å². The normalized spacial score (nSPS) is 18.9. The van der Waals surface area contributed by atoms with Gasteiger partial charge >= 0.3 is 6.18 Å². The number of rotatable bonds is 4. The Labute approximate surface area is 165 Å². The van der Waals surface area contributed by atoms with Crippen molar-refractivity contribution in [1.29, 1.82) is 0 Å². The molecular formula is C19H21F3N4OS. The largest absolute Gasteiger partial charge is 0.417 e. The molecule has 2 aromatic heterocycles. The maximum atomic E-state index is 13.6. The first-order valence-corrected chi connectivity index (χ1v) is 10.3. The average molecular weight is 410 g/mol. The third-order valence-electron chi connectivity index (χ3n) is 5.27. The molecule has 1 aliphatic heterocycles. The van der Waals surface area contributed by atoms with Gasteiger partial charge in [-0.1, -0.05) is 0 Å². The van der Waals surface area contributed by atoms with E-state index in [1.165, 1.54) is 6.20 Å². The summed E-state index contributed by atoms with van der Waals surface area (Å²) in [5, 5.41) is 0. The first kappa shape index (κ1) is 19.3. The van der Waals surface area contributed by atoms with Gasteiger partial charge in [-0.3, -0.25) is 0 Å². The summed E-state index contributed by atoms with van der Waals surface area (Å²) in [6, 6.07) is 4.66. The lowest BCUT2D eigenvalue weighted by Crippen LogP contribution is -2.37. The number of pyridine rings is 2. The van der Waals surface area contributed by atoms with Crippen molar-refractivity contribution in [1.82, 2.24) is 9.97 Å². The first-order valence-electron chi connectivity index (χ1n) is 9.06. The highest BCUT2D eigenvalue weighted by Gasteiger charge is 2.44. The molecule has 3 heterocycles. The van der Waals surface area contributed by atoms with Gasteiger partial charge in [0.25, 0.3) is 0 Å². The van der Waals surface area contributed by atoms with Crippen LogP contribution in [0.2, 0.25) is 0 Å². The number of halogens is 3. The zero-order valence-electron chi connectivity index (χ0n) is 15.4. The van der Waals surface area contributed by atoms with Crippen molar-refractivity contribution in [3.63, 3.8) is 0 Å². The second-order valence-electron chi connectivity index (χ2n) is 7.05. The summed E-state index contributed by atoms with van der Waals surface area (Å²) in [5.74, 6) is 0.518. The second-order valence-corrected chi connectivity index (χ2v) is 8.24. The standard InChI is InChI=1S/C19H21F3N4OS/c1-28-18(2-3-18)12-8-15(25-17(9-12)26-4-6-27-7-5-26)13-11-24-16(23)10-14(13)19(20,21)22/h8-11H,2-7H2,1H3,(H2,23,24). The van der Waals surface area contributed by atoms with Gasteiger partial charge in [0.2, 0.25) is 0 Å². The summed E-state index contributed by atoms with van der Waals surface area (Å²) < 4.78 is 46.3. The Bertz CT molecular complexity index is 880. The molecule has 0 bridgehead atoms. The van der Waals surface area contributed by atoms with Crippen LogP contribution >= 0.6 is 11.8 Å². The summed E-state index contributed by atoms with van der Waals surface area (Å²) in [7, 11) is 0. The van der Waals surface area contributed by atoms with E-state index < -0.39 is 11.7 Å². The predicted octanol–water partition coefficient (Wildman–Crippen LogP) is 3.93. The van der Waals surface area contributed by atoms with E-state index in [-0.39, 0.29) is 21.8 Å². The van der Waals surface area contributed by atoms with Crippen LogP contribution in [-0.2, 0) is 15.7 Å². The van der Waals surface area contributed by atoms with Crippen LogP contribution < -0.4 is 10.6 Å². The molecule has 9 heteroatoms. The fraction of sp³-hybridized carbons (Fsp3) is 0.474. The van der Waals surface area contributed by atoms with Crippen molar-refractivity contribution in [2.75, 3.05) is 43.2 Å². The Morgan fingerprint density at radius 1 is 1.18 bits per heavy atom. The predicted molar refractivity (Wildman–Crippen MR) is 104 cm³/mol. The van der Waals surface area contributed by atoms with Gasteiger partial charge in [-0.25, -0.2) is 9.97 Å². The summed E-state index contributed by atoms with van der Waals surface area (Å²) >= 11 is 1.73. The van der Waals surface area contributed by atoms with Crippen molar-refractivity contribution in [3.05, 3.63) is 35.5 Å². The molecule has 0 aromatic carbocycles. The van der Waals surface area contributed by atoms with Gasteiger partial charge in [-0.15, -0.1) is 0 Å². The van der Waals surface area contributed by atoms with Crippen molar-refractivity contribution < 1.29 is 17.9 Å². The number of morpholine rings is 1. The maximum absolute atomic E-state index is 13.6. The van der Waals surface area contributed by atoms with Crippen LogP contribution in [-0.4, -0.2) is 42.5 Å². The SMILES string of the molecule is CSC1(c2cc(-c3cnc(N)cc3C(F)(F)F)nc(N3CCOCC3)c2)CC1. The van der Waals surface area contributed by atoms with Gasteiger partial charge in [0, 0.05) is 29.6 Å². The number of hydrogen-bond acceptors (Lipinski definition) is 6. The average Bonchev–Trinajstić information content (AvgIpc) is 3.49. The van der Waals surface area contributed by atoms with E-state index in [1.807, 2.05) is 12.3 Å². The Kier molecular flexibility index (Phi) is 4.91. The topological polar surface area (TPSA) is 64.3 Å². The summed E-state index contributed by atoms with van der Waals surface area (Å²) in [6.07, 6.45) is 0.679. The van der Waals surface area contributed by atoms with Gasteiger partial charge in [-0.2, -0.15) is 24.9 Å². The molecule has 28 heavy (non-hydrogen) atoms. The Hall–Kier alpha value is -2.00. The third kappa shape index (κ3) is 3.65. The van der Waals surface area contributed by atoms with Gasteiger partial charge in [0.15, 0.2) is 0 Å². The Morgan fingerprint density at radius 3 is 2.50 bits per heavy atom. The van der Waals surface area contributed by atoms with E-state index in [9.17, 15) is 13.2 Å². The lowest BCUT2D eigenvalue weighted by Gasteiger charge is -2.29. The first-order chi connectivity index (χ1) is 13.3. The van der Waals surface area contributed by atoms with Crippen molar-refractivity contribution in [2.45, 2.75) is 23.8 Å². The zero-order chi connectivity index (χ0) is 19.9. The van der Waals surface area contributed by atoms with E-state index in [0.29, 0.717) is 32.1 Å². The summed E-state index contributed by atoms with van der Waals surface area (Å²) in [5.41, 5.74) is 5.95. The number of hydrogen-bond donors (Lipinski definition) is 1. The fourth-order valence-corrected chi connectivity index (χ4v) is 4.37. The number of nitrogen functional groups attached to an aromatic ring is 1. The minimum atomic E-state index is -4.54. The Morgan fingerprint density at radius 2 is 1.89 bits per heavy atom. The molecule has 5 nitrogen and oxygen atoms in total. The molecule has 0 radical (unpaired) electrons. The molecule has 1 saturated carbocycles. The molecule has 1 aliphatic carbocycles. The minimum absolute atomic E-state index is 0.0433. The van der Waals surface area contributed by atoms with Crippen LogP contribution in [0.15, 0.2) is 24.4 Å². The van der Waals surface area contributed by atoms with Gasteiger partial charge in [0.1, 0.15) is 11.6 Å². The highest BCUT2D eigenvalue weighted by atomic mass is 32.2. The van der Waals surface area contributed by atoms with Crippen LogP contribution in [0.5, 0.6) is 0 Å². The van der Waals surface area contributed by atoms with Crippen LogP contribution in [0, 0.1) is 0 Å². The molecule has 2 aliphatic rings. The lowest BCUT2D eigenvalue weighted by atomic mass is 10.0. The second kappa shape index (κ2) is 7.11. The minimum Gasteiger partial charge on any atom is -0.384 e. The molecular weight excluding hydrogens is 389 g/mol. The number of nitrogens with zero attached hydrogens (tertiary/aromatic N) is 3. The van der Waals surface area contributed by atoms with Crippen molar-refractivity contribution in [2.24, 2.45) is 0 Å². The van der Waals surface area contributed by atoms with Crippen LogP contribution in [0.1, 0.15) is 24.0 Å². The molecule has 0 spiro atoms. The number of nitrogens with two attached hydrogens (primary N) is 1. The van der Waals surface area contributed by atoms with Gasteiger partial charge < -0.3 is 15.4 Å². The molecule has 0 amide bonds. The number of alkyl halides is 3. The number of anilines is 2. The summed E-state index contributed by atoms with van der Waals surface area (Å²) in [4.78, 5) is 10.5.